The topological polar surface area (TPSA) is 81.0 Å². The Morgan fingerprint density at radius 3 is 2.62 bits per heavy atom. The molecule has 1 aromatic heterocycles. The van der Waals surface area contributed by atoms with Crippen LogP contribution in [0.2, 0.25) is 0 Å². The van der Waals surface area contributed by atoms with Crippen LogP contribution in [0.4, 0.5) is 0 Å². The maximum Gasteiger partial charge on any atom is 0.266 e. The number of ether oxygens (including phenoxy) is 1. The molecule has 0 unspecified atom stereocenters. The Morgan fingerprint density at radius 1 is 1.12 bits per heavy atom. The molecule has 1 aliphatic heterocycles. The van der Waals surface area contributed by atoms with Gasteiger partial charge in [-0.3, -0.25) is 4.79 Å². The minimum absolute atomic E-state index is 0.143. The largest absolute Gasteiger partial charge is 0.497 e. The SMILES string of the molecule is CCn1c(=NC(=O)[C@@H]2CCCN2S(=O)(=O)c2ccc(OC)cc2)sc2c3ccccc3ccc21. The van der Waals surface area contributed by atoms with Gasteiger partial charge < -0.3 is 9.30 Å². The van der Waals surface area contributed by atoms with E-state index in [0.29, 0.717) is 36.5 Å². The quantitative estimate of drug-likeness (QED) is 0.416. The molecule has 0 saturated carbocycles. The van der Waals surface area contributed by atoms with Gasteiger partial charge >= 0.3 is 0 Å². The third-order valence-corrected chi connectivity index (χ3v) is 9.30. The first-order valence-corrected chi connectivity index (χ1v) is 13.4. The predicted molar refractivity (Wildman–Crippen MR) is 133 cm³/mol. The smallest absolute Gasteiger partial charge is 0.266 e. The van der Waals surface area contributed by atoms with E-state index in [-0.39, 0.29) is 4.90 Å². The minimum Gasteiger partial charge on any atom is -0.497 e. The number of nitrogens with zero attached hydrogens (tertiary/aromatic N) is 3. The zero-order valence-corrected chi connectivity index (χ0v) is 20.6. The standard InChI is InChI=1S/C25H25N3O4S2/c1-3-27-21-15-10-17-7-4-5-8-20(17)23(21)33-25(27)26-24(29)22-9-6-16-28(22)34(30,31)19-13-11-18(32-2)12-14-19/h4-5,7-8,10-15,22H,3,6,9,16H2,1-2H3/t22-/m0/s1. The molecule has 7 nitrogen and oxygen atoms in total. The first-order valence-electron chi connectivity index (χ1n) is 11.2. The number of benzene rings is 3. The van der Waals surface area contributed by atoms with Crippen LogP contribution in [0.1, 0.15) is 19.8 Å². The molecule has 0 radical (unpaired) electrons. The maximum atomic E-state index is 13.3. The molecule has 2 heterocycles. The molecule has 1 fully saturated rings. The summed E-state index contributed by atoms with van der Waals surface area (Å²) in [6, 6.07) is 17.7. The molecule has 0 spiro atoms. The van der Waals surface area contributed by atoms with E-state index < -0.39 is 22.0 Å². The van der Waals surface area contributed by atoms with Gasteiger partial charge in [-0.05, 0) is 55.5 Å². The molecule has 9 heteroatoms. The predicted octanol–water partition coefficient (Wildman–Crippen LogP) is 4.17. The van der Waals surface area contributed by atoms with Gasteiger partial charge in [-0.15, -0.1) is 0 Å². The average Bonchev–Trinajstić information content (AvgIpc) is 3.49. The highest BCUT2D eigenvalue weighted by Gasteiger charge is 2.39. The number of sulfonamides is 1. The third kappa shape index (κ3) is 3.83. The highest BCUT2D eigenvalue weighted by Crippen LogP contribution is 2.29. The fourth-order valence-corrected chi connectivity index (χ4v) is 7.40. The number of carbonyl (C=O) groups is 1. The van der Waals surface area contributed by atoms with Crippen molar-refractivity contribution in [3.63, 3.8) is 0 Å². The van der Waals surface area contributed by atoms with E-state index in [1.54, 1.807) is 12.1 Å². The van der Waals surface area contributed by atoms with Crippen LogP contribution in [0.25, 0.3) is 21.0 Å². The summed E-state index contributed by atoms with van der Waals surface area (Å²) in [5.41, 5.74) is 1.02. The number of thiazole rings is 1. The van der Waals surface area contributed by atoms with Gasteiger partial charge in [0.25, 0.3) is 5.91 Å². The fourth-order valence-electron chi connectivity index (χ4n) is 4.52. The summed E-state index contributed by atoms with van der Waals surface area (Å²) < 4.78 is 36.1. The van der Waals surface area contributed by atoms with Crippen LogP contribution in [0.15, 0.2) is 70.6 Å². The van der Waals surface area contributed by atoms with Crippen molar-refractivity contribution in [1.29, 1.82) is 0 Å². The number of fused-ring (bicyclic) bond motifs is 3. The highest BCUT2D eigenvalue weighted by atomic mass is 32.2. The van der Waals surface area contributed by atoms with Gasteiger partial charge in [0, 0.05) is 18.5 Å². The van der Waals surface area contributed by atoms with Gasteiger partial charge in [0.2, 0.25) is 10.0 Å². The van der Waals surface area contributed by atoms with Gasteiger partial charge in [-0.1, -0.05) is 41.7 Å². The van der Waals surface area contributed by atoms with Crippen LogP contribution in [-0.4, -0.2) is 42.9 Å². The van der Waals surface area contributed by atoms with Crippen LogP contribution < -0.4 is 9.54 Å². The minimum atomic E-state index is -3.83. The van der Waals surface area contributed by atoms with Gasteiger partial charge in [0.1, 0.15) is 11.8 Å². The Morgan fingerprint density at radius 2 is 1.88 bits per heavy atom. The van der Waals surface area contributed by atoms with Crippen molar-refractivity contribution in [3.05, 3.63) is 65.5 Å². The van der Waals surface area contributed by atoms with E-state index in [9.17, 15) is 13.2 Å². The van der Waals surface area contributed by atoms with Crippen molar-refractivity contribution >= 4 is 48.3 Å². The van der Waals surface area contributed by atoms with E-state index in [0.717, 1.165) is 21.0 Å². The van der Waals surface area contributed by atoms with Crippen LogP contribution in [0.5, 0.6) is 5.75 Å². The van der Waals surface area contributed by atoms with Crippen molar-refractivity contribution in [3.8, 4) is 5.75 Å². The molecule has 1 saturated heterocycles. The molecule has 0 aliphatic carbocycles. The molecule has 4 aromatic rings. The van der Waals surface area contributed by atoms with Crippen molar-refractivity contribution in [1.82, 2.24) is 8.87 Å². The number of aromatic nitrogens is 1. The second-order valence-electron chi connectivity index (χ2n) is 8.16. The van der Waals surface area contributed by atoms with Crippen LogP contribution in [0, 0.1) is 0 Å². The summed E-state index contributed by atoms with van der Waals surface area (Å²) in [5, 5.41) is 2.25. The lowest BCUT2D eigenvalue weighted by Crippen LogP contribution is -2.40. The number of aryl methyl sites for hydroxylation is 1. The Labute approximate surface area is 202 Å². The average molecular weight is 496 g/mol. The molecule has 34 heavy (non-hydrogen) atoms. The summed E-state index contributed by atoms with van der Waals surface area (Å²) in [4.78, 5) is 18.5. The summed E-state index contributed by atoms with van der Waals surface area (Å²) in [6.45, 7) is 2.97. The summed E-state index contributed by atoms with van der Waals surface area (Å²) >= 11 is 1.47. The lowest BCUT2D eigenvalue weighted by Gasteiger charge is -2.21. The van der Waals surface area contributed by atoms with E-state index in [4.69, 9.17) is 4.74 Å². The normalized spacial score (nSPS) is 17.6. The van der Waals surface area contributed by atoms with Crippen molar-refractivity contribution < 1.29 is 17.9 Å². The van der Waals surface area contributed by atoms with Gasteiger partial charge in [0.15, 0.2) is 4.80 Å². The Kier molecular flexibility index (Phi) is 6.01. The highest BCUT2D eigenvalue weighted by molar-refractivity contribution is 7.89. The number of methoxy groups -OCH3 is 1. The molecule has 0 bridgehead atoms. The summed E-state index contributed by atoms with van der Waals surface area (Å²) in [6.07, 6.45) is 1.07. The van der Waals surface area contributed by atoms with Crippen LogP contribution >= 0.6 is 11.3 Å². The molecule has 3 aromatic carbocycles. The number of hydrogen-bond donors (Lipinski definition) is 0. The van der Waals surface area contributed by atoms with Gasteiger partial charge in [-0.2, -0.15) is 9.30 Å². The number of amides is 1. The zero-order valence-electron chi connectivity index (χ0n) is 19.0. The molecule has 5 rings (SSSR count). The Balaban J connectivity index is 1.54. The number of carbonyl (C=O) groups excluding carboxylic acids is 1. The molecule has 1 atom stereocenters. The molecule has 1 amide bonds. The number of rotatable bonds is 5. The number of hydrogen-bond acceptors (Lipinski definition) is 5. The van der Waals surface area contributed by atoms with E-state index >= 15 is 0 Å². The lowest BCUT2D eigenvalue weighted by atomic mass is 10.1. The second kappa shape index (κ2) is 8.98. The van der Waals surface area contributed by atoms with E-state index in [1.807, 2.05) is 23.6 Å². The molecule has 176 valence electrons. The van der Waals surface area contributed by atoms with E-state index in [2.05, 4.69) is 29.3 Å². The second-order valence-corrected chi connectivity index (χ2v) is 11.0. The van der Waals surface area contributed by atoms with E-state index in [1.165, 1.54) is 34.9 Å². The molecular weight excluding hydrogens is 470 g/mol. The van der Waals surface area contributed by atoms with Gasteiger partial charge in [0.05, 0.1) is 22.2 Å². The molecule has 1 aliphatic rings. The third-order valence-electron chi connectivity index (χ3n) is 6.25. The lowest BCUT2D eigenvalue weighted by molar-refractivity contribution is -0.121. The maximum absolute atomic E-state index is 13.3. The molecular formula is C25H25N3O4S2. The first kappa shape index (κ1) is 22.8. The van der Waals surface area contributed by atoms with Crippen molar-refractivity contribution in [2.75, 3.05) is 13.7 Å². The van der Waals surface area contributed by atoms with Gasteiger partial charge in [-0.25, -0.2) is 8.42 Å². The van der Waals surface area contributed by atoms with Crippen molar-refractivity contribution in [2.24, 2.45) is 4.99 Å². The summed E-state index contributed by atoms with van der Waals surface area (Å²) in [7, 11) is -2.30. The zero-order chi connectivity index (χ0) is 23.9. The van der Waals surface area contributed by atoms with Crippen LogP contribution in [-0.2, 0) is 21.4 Å². The van der Waals surface area contributed by atoms with Crippen LogP contribution in [0.3, 0.4) is 0 Å². The van der Waals surface area contributed by atoms with Crippen molar-refractivity contribution in [2.45, 2.75) is 37.2 Å². The fraction of sp³-hybridized carbons (Fsp3) is 0.280. The monoisotopic (exact) mass is 495 g/mol. The molecule has 0 N–H and O–H groups in total. The Bertz CT molecular complexity index is 1550. The Hall–Kier alpha value is -3.01. The first-order chi connectivity index (χ1) is 16.4. The summed E-state index contributed by atoms with van der Waals surface area (Å²) in [5.74, 6) is 0.150.